The number of amides is 1. The van der Waals surface area contributed by atoms with Crippen molar-refractivity contribution in [2.45, 2.75) is 26.7 Å². The Morgan fingerprint density at radius 1 is 1.40 bits per heavy atom. The molecular weight excluding hydrogens is 250 g/mol. The number of nitrogens with two attached hydrogens (primary N) is 1. The van der Waals surface area contributed by atoms with Gasteiger partial charge in [-0.25, -0.2) is 0 Å². The Kier molecular flexibility index (Phi) is 5.15. The molecule has 0 spiro atoms. The molecule has 0 unspecified atom stereocenters. The number of aryl methyl sites for hydroxylation is 1. The van der Waals surface area contributed by atoms with Gasteiger partial charge in [0.2, 0.25) is 5.91 Å². The van der Waals surface area contributed by atoms with Crippen LogP contribution in [0.2, 0.25) is 0 Å². The predicted octanol–water partition coefficient (Wildman–Crippen LogP) is 1.55. The number of hydrogen-bond donors (Lipinski definition) is 1. The summed E-state index contributed by atoms with van der Waals surface area (Å²) in [7, 11) is 0. The Labute approximate surface area is 121 Å². The highest BCUT2D eigenvalue weighted by Gasteiger charge is 2.24. The summed E-state index contributed by atoms with van der Waals surface area (Å²) < 4.78 is 0. The molecule has 0 atom stereocenters. The van der Waals surface area contributed by atoms with E-state index in [1.54, 1.807) is 0 Å². The summed E-state index contributed by atoms with van der Waals surface area (Å²) in [5.74, 6) is 0.225. The van der Waals surface area contributed by atoms with Gasteiger partial charge in [0.15, 0.2) is 0 Å². The summed E-state index contributed by atoms with van der Waals surface area (Å²) in [6, 6.07) is 6.35. The maximum Gasteiger partial charge on any atom is 0.228 e. The first-order valence-electron chi connectivity index (χ1n) is 7.48. The van der Waals surface area contributed by atoms with Crippen molar-refractivity contribution < 1.29 is 4.79 Å². The molecule has 1 heterocycles. The van der Waals surface area contributed by atoms with E-state index < -0.39 is 0 Å². The smallest absolute Gasteiger partial charge is 0.228 e. The third-order valence-corrected chi connectivity index (χ3v) is 3.97. The Balaban J connectivity index is 1.95. The van der Waals surface area contributed by atoms with Crippen molar-refractivity contribution in [2.75, 3.05) is 37.6 Å². The van der Waals surface area contributed by atoms with Crippen LogP contribution < -0.4 is 10.6 Å². The number of hydrogen-bond acceptors (Lipinski definition) is 3. The highest BCUT2D eigenvalue weighted by molar-refractivity contribution is 5.95. The minimum absolute atomic E-state index is 0.225. The first kappa shape index (κ1) is 15.0. The predicted molar refractivity (Wildman–Crippen MR) is 83.0 cm³/mol. The van der Waals surface area contributed by atoms with Crippen LogP contribution in [0, 0.1) is 6.92 Å². The molecule has 0 bridgehead atoms. The number of benzene rings is 1. The van der Waals surface area contributed by atoms with Gasteiger partial charge in [-0.1, -0.05) is 24.6 Å². The van der Waals surface area contributed by atoms with E-state index in [1.807, 2.05) is 4.90 Å². The van der Waals surface area contributed by atoms with Gasteiger partial charge >= 0.3 is 0 Å². The summed E-state index contributed by atoms with van der Waals surface area (Å²) in [6.45, 7) is 8.27. The summed E-state index contributed by atoms with van der Waals surface area (Å²) in [4.78, 5) is 16.5. The van der Waals surface area contributed by atoms with Crippen LogP contribution in [0.3, 0.4) is 0 Å². The molecule has 1 aliphatic heterocycles. The average Bonchev–Trinajstić information content (AvgIpc) is 2.85. The van der Waals surface area contributed by atoms with E-state index in [4.69, 9.17) is 5.73 Å². The van der Waals surface area contributed by atoms with Gasteiger partial charge < -0.3 is 15.5 Å². The minimum atomic E-state index is 0.225. The first-order chi connectivity index (χ1) is 9.65. The number of nitrogens with zero attached hydrogens (tertiary/aromatic N) is 2. The molecule has 110 valence electrons. The summed E-state index contributed by atoms with van der Waals surface area (Å²) in [5.41, 5.74) is 9.23. The van der Waals surface area contributed by atoms with Gasteiger partial charge in [0.05, 0.1) is 0 Å². The molecule has 0 saturated carbocycles. The molecule has 20 heavy (non-hydrogen) atoms. The highest BCUT2D eigenvalue weighted by atomic mass is 16.2. The lowest BCUT2D eigenvalue weighted by molar-refractivity contribution is -0.118. The molecule has 1 aromatic rings. The number of rotatable bonds is 6. The molecule has 4 heteroatoms. The standard InChI is InChI=1S/C16H25N3O/c1-3-18(11-8-17)9-7-16(20)19-10-6-14-12-13(2)4-5-15(14)19/h4-5,12H,3,6-11,17H2,1-2H3. The van der Waals surface area contributed by atoms with Gasteiger partial charge in [0.1, 0.15) is 0 Å². The number of carbonyl (C=O) groups excluding carboxylic acids is 1. The Bertz CT molecular complexity index is 473. The van der Waals surface area contributed by atoms with Crippen molar-refractivity contribution >= 4 is 11.6 Å². The second-order valence-corrected chi connectivity index (χ2v) is 5.40. The molecule has 4 nitrogen and oxygen atoms in total. The zero-order valence-corrected chi connectivity index (χ0v) is 12.6. The largest absolute Gasteiger partial charge is 0.329 e. The third kappa shape index (κ3) is 3.38. The van der Waals surface area contributed by atoms with E-state index in [0.717, 1.165) is 38.3 Å². The Morgan fingerprint density at radius 3 is 2.90 bits per heavy atom. The molecular formula is C16H25N3O. The zero-order valence-electron chi connectivity index (χ0n) is 12.6. The molecule has 2 N–H and O–H groups in total. The van der Waals surface area contributed by atoms with E-state index in [2.05, 4.69) is 36.9 Å². The molecule has 0 fully saturated rings. The maximum atomic E-state index is 12.4. The van der Waals surface area contributed by atoms with Crippen molar-refractivity contribution in [3.63, 3.8) is 0 Å². The number of fused-ring (bicyclic) bond motifs is 1. The van der Waals surface area contributed by atoms with Gasteiger partial charge in [-0.15, -0.1) is 0 Å². The van der Waals surface area contributed by atoms with Gasteiger partial charge in [-0.2, -0.15) is 0 Å². The van der Waals surface area contributed by atoms with Crippen LogP contribution in [-0.2, 0) is 11.2 Å². The molecule has 1 aromatic carbocycles. The van der Waals surface area contributed by atoms with Crippen molar-refractivity contribution in [1.82, 2.24) is 4.90 Å². The fraction of sp³-hybridized carbons (Fsp3) is 0.562. The summed E-state index contributed by atoms with van der Waals surface area (Å²) in [5, 5.41) is 0. The van der Waals surface area contributed by atoms with Crippen LogP contribution in [0.5, 0.6) is 0 Å². The van der Waals surface area contributed by atoms with Crippen LogP contribution >= 0.6 is 0 Å². The van der Waals surface area contributed by atoms with E-state index in [1.165, 1.54) is 11.1 Å². The van der Waals surface area contributed by atoms with E-state index >= 15 is 0 Å². The summed E-state index contributed by atoms with van der Waals surface area (Å²) >= 11 is 0. The van der Waals surface area contributed by atoms with Crippen molar-refractivity contribution in [3.05, 3.63) is 29.3 Å². The van der Waals surface area contributed by atoms with Crippen LogP contribution in [0.15, 0.2) is 18.2 Å². The maximum absolute atomic E-state index is 12.4. The SMILES string of the molecule is CCN(CCN)CCC(=O)N1CCc2cc(C)ccc21. The Hall–Kier alpha value is -1.39. The summed E-state index contributed by atoms with van der Waals surface area (Å²) in [6.07, 6.45) is 1.55. The molecule has 2 rings (SSSR count). The third-order valence-electron chi connectivity index (χ3n) is 3.97. The van der Waals surface area contributed by atoms with Gasteiger partial charge in [0.25, 0.3) is 0 Å². The van der Waals surface area contributed by atoms with Crippen LogP contribution in [0.4, 0.5) is 5.69 Å². The quantitative estimate of drug-likeness (QED) is 0.857. The first-order valence-corrected chi connectivity index (χ1v) is 7.48. The van der Waals surface area contributed by atoms with Crippen molar-refractivity contribution in [2.24, 2.45) is 5.73 Å². The second kappa shape index (κ2) is 6.86. The topological polar surface area (TPSA) is 49.6 Å². The van der Waals surface area contributed by atoms with Crippen molar-refractivity contribution in [1.29, 1.82) is 0 Å². The average molecular weight is 275 g/mol. The Morgan fingerprint density at radius 2 is 2.20 bits per heavy atom. The molecule has 1 aliphatic rings. The normalized spacial score (nSPS) is 13.9. The molecule has 0 aromatic heterocycles. The van der Waals surface area contributed by atoms with Gasteiger partial charge in [0, 0.05) is 38.3 Å². The lowest BCUT2D eigenvalue weighted by atomic mass is 10.1. The van der Waals surface area contributed by atoms with Crippen LogP contribution in [0.25, 0.3) is 0 Å². The lowest BCUT2D eigenvalue weighted by Crippen LogP contribution is -2.35. The molecule has 0 saturated heterocycles. The number of carbonyl (C=O) groups is 1. The minimum Gasteiger partial charge on any atom is -0.329 e. The number of anilines is 1. The van der Waals surface area contributed by atoms with E-state index in [9.17, 15) is 4.79 Å². The molecule has 0 radical (unpaired) electrons. The van der Waals surface area contributed by atoms with E-state index in [0.29, 0.717) is 13.0 Å². The van der Waals surface area contributed by atoms with Gasteiger partial charge in [-0.3, -0.25) is 4.79 Å². The van der Waals surface area contributed by atoms with Gasteiger partial charge in [-0.05, 0) is 31.5 Å². The van der Waals surface area contributed by atoms with Crippen LogP contribution in [0.1, 0.15) is 24.5 Å². The fourth-order valence-electron chi connectivity index (χ4n) is 2.79. The van der Waals surface area contributed by atoms with E-state index in [-0.39, 0.29) is 5.91 Å². The molecule has 1 amide bonds. The second-order valence-electron chi connectivity index (χ2n) is 5.40. The van der Waals surface area contributed by atoms with Crippen LogP contribution in [-0.4, -0.2) is 43.5 Å². The van der Waals surface area contributed by atoms with Crippen molar-refractivity contribution in [3.8, 4) is 0 Å². The monoisotopic (exact) mass is 275 g/mol. The lowest BCUT2D eigenvalue weighted by Gasteiger charge is -2.22. The highest BCUT2D eigenvalue weighted by Crippen LogP contribution is 2.29. The fourth-order valence-corrected chi connectivity index (χ4v) is 2.79. The number of likely N-dealkylation sites (N-methyl/N-ethyl adjacent to an activating group) is 1. The molecule has 0 aliphatic carbocycles. The zero-order chi connectivity index (χ0) is 14.5.